The monoisotopic (exact) mass is 266 g/mol. The topological polar surface area (TPSA) is 17.1 Å². The van der Waals surface area contributed by atoms with Gasteiger partial charge in [0.25, 0.3) is 0 Å². The molecule has 0 spiro atoms. The van der Waals surface area contributed by atoms with Crippen LogP contribution in [0.25, 0.3) is 0 Å². The van der Waals surface area contributed by atoms with Gasteiger partial charge >= 0.3 is 18.9 Å². The summed E-state index contributed by atoms with van der Waals surface area (Å²) in [6, 6.07) is 0. The van der Waals surface area contributed by atoms with Crippen LogP contribution in [-0.2, 0) is 4.79 Å². The first kappa shape index (κ1) is 19.3. The zero-order chi connectivity index (χ0) is 12.7. The van der Waals surface area contributed by atoms with E-state index in [-0.39, 0.29) is 24.3 Å². The Morgan fingerprint density at radius 3 is 1.19 bits per heavy atom. The van der Waals surface area contributed by atoms with E-state index in [1.807, 2.05) is 0 Å². The van der Waals surface area contributed by atoms with Crippen molar-refractivity contribution >= 4 is 28.4 Å². The Kier molecular flexibility index (Phi) is 6.87. The van der Waals surface area contributed by atoms with E-state index in [1.54, 1.807) is 0 Å². The second-order valence-electron chi connectivity index (χ2n) is 7.45. The van der Waals surface area contributed by atoms with E-state index >= 15 is 0 Å². The number of carbonyl (C=O) groups is 1. The molecule has 0 aromatic carbocycles. The Balaban J connectivity index is 0. The molecule has 0 atom stereocenters. The molecule has 0 N–H and O–H groups in total. The van der Waals surface area contributed by atoms with Crippen LogP contribution in [0.3, 0.4) is 0 Å². The van der Waals surface area contributed by atoms with E-state index in [4.69, 9.17) is 0 Å². The van der Waals surface area contributed by atoms with Crippen molar-refractivity contribution in [1.29, 1.82) is 0 Å². The first-order valence-electron chi connectivity index (χ1n) is 5.70. The standard InChI is InChI=1S/C11H27OSi3.Li/c1-11(2,3)10(12)13(14(4,5)6)15(7,8)9;/h1-9H3;/q-1;+1. The molecule has 16 heavy (non-hydrogen) atoms. The SMILES string of the molecule is CC(C)(C)C(=O)[Si-]([Si](C)(C)C)[Si](C)(C)C.[Li+]. The largest absolute Gasteiger partial charge is 1.00 e. The van der Waals surface area contributed by atoms with E-state index in [9.17, 15) is 4.79 Å². The molecule has 0 rings (SSSR count). The molecule has 0 bridgehead atoms. The smallest absolute Gasteiger partial charge is 0.341 e. The van der Waals surface area contributed by atoms with Crippen molar-refractivity contribution in [3.05, 3.63) is 0 Å². The fourth-order valence-corrected chi connectivity index (χ4v) is 39.9. The van der Waals surface area contributed by atoms with Crippen molar-refractivity contribution in [2.45, 2.75) is 60.1 Å². The van der Waals surface area contributed by atoms with Crippen LogP contribution < -0.4 is 18.9 Å². The van der Waals surface area contributed by atoms with Crippen molar-refractivity contribution in [2.75, 3.05) is 0 Å². The summed E-state index contributed by atoms with van der Waals surface area (Å²) < 4.78 is 0. The van der Waals surface area contributed by atoms with Crippen LogP contribution in [0, 0.1) is 5.41 Å². The van der Waals surface area contributed by atoms with Crippen LogP contribution in [0.15, 0.2) is 0 Å². The maximum absolute atomic E-state index is 12.6. The van der Waals surface area contributed by atoms with E-state index < -0.39 is 23.0 Å². The first-order chi connectivity index (χ1) is 6.28. The minimum atomic E-state index is -1.28. The number of carbonyl (C=O) groups excluding carboxylic acids is 1. The fraction of sp³-hybridized carbons (Fsp3) is 0.909. The molecule has 0 fully saturated rings. The molecule has 0 unspecified atom stereocenters. The predicted molar refractivity (Wildman–Crippen MR) is 76.9 cm³/mol. The number of hydrogen-bond donors (Lipinski definition) is 0. The Morgan fingerprint density at radius 2 is 1.12 bits per heavy atom. The van der Waals surface area contributed by atoms with Crippen molar-refractivity contribution in [3.8, 4) is 0 Å². The average molecular weight is 267 g/mol. The molecule has 90 valence electrons. The molecular formula is C11H27LiOSi3. The van der Waals surface area contributed by atoms with Gasteiger partial charge in [0.1, 0.15) is 0 Å². The normalized spacial score (nSPS) is 13.1. The van der Waals surface area contributed by atoms with Gasteiger partial charge in [-0.05, 0) is 10.8 Å². The van der Waals surface area contributed by atoms with Gasteiger partial charge in [-0.15, -0.1) is 0 Å². The molecule has 0 heterocycles. The molecule has 0 radical (unpaired) electrons. The van der Waals surface area contributed by atoms with Gasteiger partial charge in [-0.25, -0.2) is 7.83 Å². The van der Waals surface area contributed by atoms with Crippen LogP contribution in [0.5, 0.6) is 0 Å². The van der Waals surface area contributed by atoms with Crippen LogP contribution in [-0.4, -0.2) is 28.4 Å². The maximum atomic E-state index is 12.6. The summed E-state index contributed by atoms with van der Waals surface area (Å²) in [6.45, 7) is 20.5. The van der Waals surface area contributed by atoms with Gasteiger partial charge in [-0.2, -0.15) is 0 Å². The van der Waals surface area contributed by atoms with Crippen LogP contribution in [0.2, 0.25) is 39.3 Å². The van der Waals surface area contributed by atoms with Crippen LogP contribution >= 0.6 is 0 Å². The van der Waals surface area contributed by atoms with Crippen molar-refractivity contribution in [3.63, 3.8) is 0 Å². The van der Waals surface area contributed by atoms with Crippen LogP contribution in [0.4, 0.5) is 0 Å². The molecule has 0 aliphatic carbocycles. The Hall–Kier alpha value is 0.918. The summed E-state index contributed by atoms with van der Waals surface area (Å²) in [4.78, 5) is 12.6. The van der Waals surface area contributed by atoms with Gasteiger partial charge in [0, 0.05) is 0 Å². The quantitative estimate of drug-likeness (QED) is 0.679. The van der Waals surface area contributed by atoms with Gasteiger partial charge < -0.3 is 4.79 Å². The molecule has 0 aromatic heterocycles. The molecule has 5 heteroatoms. The average Bonchev–Trinajstić information content (AvgIpc) is 1.76. The molecule has 1 nitrogen and oxygen atoms in total. The van der Waals surface area contributed by atoms with Crippen molar-refractivity contribution in [2.24, 2.45) is 5.41 Å². The molecule has 0 aliphatic rings. The molecule has 0 aliphatic heterocycles. The summed E-state index contributed by atoms with van der Waals surface area (Å²) in [5.41, 5.74) is -0.130. The second-order valence-corrected chi connectivity index (χ2v) is 31.2. The minimum Gasteiger partial charge on any atom is -0.341 e. The third-order valence-corrected chi connectivity index (χ3v) is 30.5. The molecule has 0 saturated heterocycles. The maximum Gasteiger partial charge on any atom is 1.00 e. The first-order valence-corrected chi connectivity index (χ1v) is 16.2. The summed E-state index contributed by atoms with van der Waals surface area (Å²) >= 11 is 0. The van der Waals surface area contributed by atoms with Crippen molar-refractivity contribution in [1.82, 2.24) is 0 Å². The van der Waals surface area contributed by atoms with E-state index in [1.165, 1.54) is 0 Å². The summed E-state index contributed by atoms with van der Waals surface area (Å²) in [5, 5.41) is 0.603. The van der Waals surface area contributed by atoms with E-state index in [2.05, 4.69) is 60.1 Å². The zero-order valence-electron chi connectivity index (χ0n) is 12.9. The summed E-state index contributed by atoms with van der Waals surface area (Å²) in [7, 11) is -3.33. The molecule has 0 amide bonds. The third-order valence-electron chi connectivity index (χ3n) is 2.41. The molecule has 0 aromatic rings. The van der Waals surface area contributed by atoms with Gasteiger partial charge in [0.15, 0.2) is 0 Å². The second kappa shape index (κ2) is 5.71. The third kappa shape index (κ3) is 5.50. The van der Waals surface area contributed by atoms with Gasteiger partial charge in [-0.3, -0.25) is 0 Å². The fourth-order valence-electron chi connectivity index (χ4n) is 2.18. The van der Waals surface area contributed by atoms with Gasteiger partial charge in [0.2, 0.25) is 0 Å². The zero-order valence-corrected chi connectivity index (χ0v) is 15.9. The summed E-state index contributed by atoms with van der Waals surface area (Å²) in [6.07, 6.45) is 0. The molecule has 0 saturated carbocycles. The van der Waals surface area contributed by atoms with Gasteiger partial charge in [-0.1, -0.05) is 75.2 Å². The van der Waals surface area contributed by atoms with Crippen molar-refractivity contribution < 1.29 is 23.7 Å². The Morgan fingerprint density at radius 1 is 0.875 bits per heavy atom. The Bertz CT molecular complexity index is 231. The number of rotatable bonds is 3. The Labute approximate surface area is 117 Å². The minimum absolute atomic E-state index is 0. The predicted octanol–water partition coefficient (Wildman–Crippen LogP) is 0.473. The van der Waals surface area contributed by atoms with E-state index in [0.717, 1.165) is 0 Å². The van der Waals surface area contributed by atoms with E-state index in [0.29, 0.717) is 5.41 Å². The number of hydrogen-bond acceptors (Lipinski definition) is 1. The summed E-state index contributed by atoms with van der Waals surface area (Å²) in [5.74, 6) is 0. The molecular weight excluding hydrogens is 239 g/mol. The van der Waals surface area contributed by atoms with Crippen LogP contribution in [0.1, 0.15) is 20.8 Å². The van der Waals surface area contributed by atoms with Gasteiger partial charge in [0.05, 0.1) is 0 Å².